The number of anilines is 1. The zero-order valence-corrected chi connectivity index (χ0v) is 14.9. The summed E-state index contributed by atoms with van der Waals surface area (Å²) in [6.07, 6.45) is 0. The van der Waals surface area contributed by atoms with Crippen LogP contribution in [0.15, 0.2) is 60.7 Å². The summed E-state index contributed by atoms with van der Waals surface area (Å²) in [5, 5.41) is 5.38. The molecule has 5 N–H and O–H groups in total. The van der Waals surface area contributed by atoms with Crippen molar-refractivity contribution in [1.29, 1.82) is 0 Å². The van der Waals surface area contributed by atoms with Crippen LogP contribution >= 0.6 is 0 Å². The molecule has 4 aromatic rings. The van der Waals surface area contributed by atoms with Gasteiger partial charge in [-0.2, -0.15) is 0 Å². The molecule has 27 heavy (non-hydrogen) atoms. The van der Waals surface area contributed by atoms with Gasteiger partial charge in [0, 0.05) is 30.4 Å². The second kappa shape index (κ2) is 7.09. The fourth-order valence-electron chi connectivity index (χ4n) is 3.42. The van der Waals surface area contributed by atoms with Crippen LogP contribution in [0, 0.1) is 0 Å². The zero-order valence-electron chi connectivity index (χ0n) is 14.9. The number of benzene rings is 2. The Morgan fingerprint density at radius 2 is 1.78 bits per heavy atom. The van der Waals surface area contributed by atoms with E-state index in [9.17, 15) is 4.79 Å². The van der Waals surface area contributed by atoms with Gasteiger partial charge in [-0.25, -0.2) is 4.98 Å². The maximum Gasteiger partial charge on any atom is 0.252 e. The van der Waals surface area contributed by atoms with Crippen LogP contribution in [0.4, 0.5) is 5.82 Å². The van der Waals surface area contributed by atoms with Crippen LogP contribution in [0.3, 0.4) is 0 Å². The van der Waals surface area contributed by atoms with Gasteiger partial charge in [-0.05, 0) is 17.7 Å². The lowest BCUT2D eigenvalue weighted by Gasteiger charge is -2.09. The molecular weight excluding hydrogens is 338 g/mol. The molecule has 2 aromatic heterocycles. The van der Waals surface area contributed by atoms with Crippen LogP contribution in [0.2, 0.25) is 0 Å². The minimum absolute atomic E-state index is 0.163. The molecule has 0 atom stereocenters. The lowest BCUT2D eigenvalue weighted by molar-refractivity contribution is 0.100. The maximum absolute atomic E-state index is 11.6. The van der Waals surface area contributed by atoms with Crippen LogP contribution in [0.25, 0.3) is 21.9 Å². The molecule has 0 fully saturated rings. The van der Waals surface area contributed by atoms with Crippen LogP contribution < -0.4 is 16.8 Å². The van der Waals surface area contributed by atoms with Crippen molar-refractivity contribution in [2.75, 3.05) is 12.3 Å². The molecule has 0 saturated carbocycles. The van der Waals surface area contributed by atoms with Crippen molar-refractivity contribution >= 4 is 33.7 Å². The van der Waals surface area contributed by atoms with Gasteiger partial charge in [0.05, 0.1) is 11.1 Å². The molecule has 4 rings (SSSR count). The first-order valence-corrected chi connectivity index (χ1v) is 8.87. The number of nitrogen functional groups attached to an aromatic ring is 1. The van der Waals surface area contributed by atoms with Gasteiger partial charge in [0.1, 0.15) is 11.5 Å². The third-order valence-corrected chi connectivity index (χ3v) is 4.72. The topological polar surface area (TPSA) is 99.0 Å². The number of primary amides is 1. The number of aromatic nitrogens is 2. The molecular formula is C21H21N5O. The van der Waals surface area contributed by atoms with Crippen molar-refractivity contribution < 1.29 is 4.79 Å². The van der Waals surface area contributed by atoms with Crippen molar-refractivity contribution in [1.82, 2.24) is 14.9 Å². The van der Waals surface area contributed by atoms with E-state index in [1.54, 1.807) is 6.07 Å². The number of rotatable bonds is 6. The largest absolute Gasteiger partial charge is 0.383 e. The number of hydrogen-bond donors (Lipinski definition) is 3. The summed E-state index contributed by atoms with van der Waals surface area (Å²) in [5.41, 5.74) is 14.7. The third-order valence-electron chi connectivity index (χ3n) is 4.72. The first-order valence-electron chi connectivity index (χ1n) is 8.87. The Morgan fingerprint density at radius 1 is 1.04 bits per heavy atom. The van der Waals surface area contributed by atoms with Crippen LogP contribution in [-0.2, 0) is 13.1 Å². The van der Waals surface area contributed by atoms with E-state index in [-0.39, 0.29) is 11.4 Å². The average molecular weight is 359 g/mol. The van der Waals surface area contributed by atoms with Gasteiger partial charge >= 0.3 is 0 Å². The number of carbonyl (C=O) groups excluding carboxylic acids is 1. The van der Waals surface area contributed by atoms with Crippen molar-refractivity contribution in [3.05, 3.63) is 71.8 Å². The Labute approximate surface area is 156 Å². The number of para-hydroxylation sites is 1. The van der Waals surface area contributed by atoms with E-state index in [0.717, 1.165) is 41.6 Å². The van der Waals surface area contributed by atoms with Crippen LogP contribution in [0.5, 0.6) is 0 Å². The molecule has 0 aliphatic rings. The molecule has 0 saturated heterocycles. The number of hydrogen-bond acceptors (Lipinski definition) is 4. The summed E-state index contributed by atoms with van der Waals surface area (Å²) >= 11 is 0. The summed E-state index contributed by atoms with van der Waals surface area (Å²) in [6.45, 7) is 2.32. The third kappa shape index (κ3) is 3.22. The average Bonchev–Trinajstić information content (AvgIpc) is 2.98. The van der Waals surface area contributed by atoms with Crippen LogP contribution in [0.1, 0.15) is 15.9 Å². The molecule has 136 valence electrons. The molecule has 0 radical (unpaired) electrons. The van der Waals surface area contributed by atoms with Gasteiger partial charge in [0.25, 0.3) is 5.91 Å². The van der Waals surface area contributed by atoms with Gasteiger partial charge in [0.2, 0.25) is 0 Å². The number of nitrogens with one attached hydrogen (secondary N) is 1. The number of nitrogens with zero attached hydrogens (tertiary/aromatic N) is 2. The summed E-state index contributed by atoms with van der Waals surface area (Å²) < 4.78 is 2.13. The lowest BCUT2D eigenvalue weighted by atomic mass is 10.1. The summed E-state index contributed by atoms with van der Waals surface area (Å²) in [5.74, 6) is -0.403. The number of amides is 1. The Kier molecular flexibility index (Phi) is 4.48. The molecule has 1 amide bonds. The van der Waals surface area contributed by atoms with E-state index in [4.69, 9.17) is 11.5 Å². The van der Waals surface area contributed by atoms with E-state index in [2.05, 4.69) is 27.0 Å². The molecule has 0 unspecified atom stereocenters. The van der Waals surface area contributed by atoms with Crippen molar-refractivity contribution in [2.24, 2.45) is 5.73 Å². The standard InChI is InChI=1S/C21H21N5O/c22-19-17(20(23)27)12-16-15-8-4-5-9-18(15)26(21(16)25-19)11-10-24-13-14-6-2-1-3-7-14/h1-9,12,24H,10-11,13H2,(H2,22,25)(H2,23,27). The predicted octanol–water partition coefficient (Wildman–Crippen LogP) is 2.66. The minimum Gasteiger partial charge on any atom is -0.383 e. The lowest BCUT2D eigenvalue weighted by Crippen LogP contribution is -2.20. The van der Waals surface area contributed by atoms with Crippen molar-refractivity contribution in [2.45, 2.75) is 13.1 Å². The highest BCUT2D eigenvalue weighted by Gasteiger charge is 2.16. The van der Waals surface area contributed by atoms with Gasteiger partial charge in [-0.3, -0.25) is 4.79 Å². The molecule has 2 heterocycles. The molecule has 0 bridgehead atoms. The Bertz CT molecular complexity index is 1120. The van der Waals surface area contributed by atoms with E-state index < -0.39 is 5.91 Å². The molecule has 6 nitrogen and oxygen atoms in total. The van der Waals surface area contributed by atoms with Gasteiger partial charge in [-0.15, -0.1) is 0 Å². The van der Waals surface area contributed by atoms with Gasteiger partial charge < -0.3 is 21.4 Å². The molecule has 0 aliphatic carbocycles. The van der Waals surface area contributed by atoms with Gasteiger partial charge in [0.15, 0.2) is 0 Å². The Balaban J connectivity index is 1.66. The first kappa shape index (κ1) is 17.1. The molecule has 6 heteroatoms. The number of pyridine rings is 1. The second-order valence-corrected chi connectivity index (χ2v) is 6.49. The van der Waals surface area contributed by atoms with E-state index in [0.29, 0.717) is 0 Å². The van der Waals surface area contributed by atoms with E-state index in [1.165, 1.54) is 5.56 Å². The molecule has 0 spiro atoms. The maximum atomic E-state index is 11.6. The number of nitrogens with two attached hydrogens (primary N) is 2. The quantitative estimate of drug-likeness (QED) is 0.461. The second-order valence-electron chi connectivity index (χ2n) is 6.49. The highest BCUT2D eigenvalue weighted by Crippen LogP contribution is 2.29. The molecule has 2 aromatic carbocycles. The monoisotopic (exact) mass is 359 g/mol. The predicted molar refractivity (Wildman–Crippen MR) is 108 cm³/mol. The Morgan fingerprint density at radius 3 is 2.56 bits per heavy atom. The van der Waals surface area contributed by atoms with Gasteiger partial charge in [-0.1, -0.05) is 48.5 Å². The fraction of sp³-hybridized carbons (Fsp3) is 0.143. The summed E-state index contributed by atoms with van der Waals surface area (Å²) in [4.78, 5) is 16.1. The van der Waals surface area contributed by atoms with Crippen molar-refractivity contribution in [3.8, 4) is 0 Å². The Hall–Kier alpha value is -3.38. The van der Waals surface area contributed by atoms with E-state index in [1.807, 2.05) is 42.5 Å². The van der Waals surface area contributed by atoms with Crippen molar-refractivity contribution in [3.63, 3.8) is 0 Å². The smallest absolute Gasteiger partial charge is 0.252 e. The number of fused-ring (bicyclic) bond motifs is 3. The SMILES string of the molecule is NC(=O)c1cc2c3ccccc3n(CCNCc3ccccc3)c2nc1N. The zero-order chi connectivity index (χ0) is 18.8. The summed E-state index contributed by atoms with van der Waals surface area (Å²) in [6, 6.07) is 20.1. The molecule has 0 aliphatic heterocycles. The summed E-state index contributed by atoms with van der Waals surface area (Å²) in [7, 11) is 0. The van der Waals surface area contributed by atoms with Crippen LogP contribution in [-0.4, -0.2) is 22.0 Å². The number of carbonyl (C=O) groups is 1. The first-order chi connectivity index (χ1) is 13.1. The normalized spacial score (nSPS) is 11.3. The highest BCUT2D eigenvalue weighted by atomic mass is 16.1. The fourth-order valence-corrected chi connectivity index (χ4v) is 3.42. The highest BCUT2D eigenvalue weighted by molar-refractivity contribution is 6.10. The van der Waals surface area contributed by atoms with E-state index >= 15 is 0 Å². The minimum atomic E-state index is -0.566.